The molecule has 1 aromatic carbocycles. The molecular formula is C11H14N2. The molecule has 1 N–H and O–H groups in total. The molecule has 0 amide bonds. The third kappa shape index (κ3) is 3.22. The number of hydrogen-bond acceptors (Lipinski definition) is 2. The highest BCUT2D eigenvalue weighted by Crippen LogP contribution is 2.14. The summed E-state index contributed by atoms with van der Waals surface area (Å²) in [5.74, 6) is 0.678. The van der Waals surface area contributed by atoms with Gasteiger partial charge >= 0.3 is 0 Å². The summed E-state index contributed by atoms with van der Waals surface area (Å²) in [5.41, 5.74) is 2.11. The lowest BCUT2D eigenvalue weighted by molar-refractivity contribution is 0.647. The van der Waals surface area contributed by atoms with Gasteiger partial charge in [0.05, 0.1) is 11.7 Å². The van der Waals surface area contributed by atoms with Crippen molar-refractivity contribution in [2.45, 2.75) is 20.3 Å². The van der Waals surface area contributed by atoms with Crippen LogP contribution in [0.2, 0.25) is 0 Å². The Labute approximate surface area is 78.8 Å². The highest BCUT2D eigenvalue weighted by molar-refractivity contribution is 5.50. The average Bonchev–Trinajstić information content (AvgIpc) is 2.08. The van der Waals surface area contributed by atoms with E-state index in [-0.39, 0.29) is 0 Å². The summed E-state index contributed by atoms with van der Waals surface area (Å²) < 4.78 is 0. The van der Waals surface area contributed by atoms with Crippen LogP contribution in [0.25, 0.3) is 0 Å². The van der Waals surface area contributed by atoms with E-state index in [1.165, 1.54) is 5.56 Å². The fraction of sp³-hybridized carbons (Fsp3) is 0.364. The smallest absolute Gasteiger partial charge is 0.0918 e. The molecule has 2 nitrogen and oxygen atoms in total. The second-order valence-corrected chi connectivity index (χ2v) is 3.49. The van der Waals surface area contributed by atoms with Gasteiger partial charge in [-0.2, -0.15) is 4.99 Å². The highest BCUT2D eigenvalue weighted by atomic mass is 14.7. The Hall–Kier alpha value is -1.40. The van der Waals surface area contributed by atoms with Gasteiger partial charge in [0, 0.05) is 0 Å². The van der Waals surface area contributed by atoms with Crippen molar-refractivity contribution in [1.29, 1.82) is 5.41 Å². The summed E-state index contributed by atoms with van der Waals surface area (Å²) in [6, 6.07) is 9.95. The fourth-order valence-electron chi connectivity index (χ4n) is 1.24. The zero-order chi connectivity index (χ0) is 9.68. The van der Waals surface area contributed by atoms with Crippen LogP contribution in [-0.2, 0) is 6.42 Å². The second kappa shape index (κ2) is 4.58. The summed E-state index contributed by atoms with van der Waals surface area (Å²) in [6.07, 6.45) is 1.09. The zero-order valence-corrected chi connectivity index (χ0v) is 8.04. The minimum Gasteiger partial charge on any atom is -0.241 e. The van der Waals surface area contributed by atoms with Gasteiger partial charge < -0.3 is 0 Å². The molecule has 0 aromatic heterocycles. The SMILES string of the molecule is CC(C)Cc1ccc(N=C=N)cc1. The van der Waals surface area contributed by atoms with Crippen molar-refractivity contribution in [3.05, 3.63) is 29.8 Å². The Morgan fingerprint density at radius 3 is 2.38 bits per heavy atom. The molecule has 0 aliphatic heterocycles. The lowest BCUT2D eigenvalue weighted by atomic mass is 10.0. The van der Waals surface area contributed by atoms with Crippen LogP contribution in [0.15, 0.2) is 29.3 Å². The quantitative estimate of drug-likeness (QED) is 0.683. The maximum absolute atomic E-state index is 6.69. The van der Waals surface area contributed by atoms with E-state index in [1.54, 1.807) is 0 Å². The Morgan fingerprint density at radius 2 is 1.92 bits per heavy atom. The van der Waals surface area contributed by atoms with E-state index in [0.29, 0.717) is 5.92 Å². The molecule has 13 heavy (non-hydrogen) atoms. The van der Waals surface area contributed by atoms with E-state index in [4.69, 9.17) is 5.41 Å². The van der Waals surface area contributed by atoms with Crippen molar-refractivity contribution in [3.8, 4) is 0 Å². The van der Waals surface area contributed by atoms with Crippen molar-refractivity contribution < 1.29 is 0 Å². The van der Waals surface area contributed by atoms with Gasteiger partial charge in [-0.3, -0.25) is 0 Å². The standard InChI is InChI=1S/C11H14N2/c1-9(2)7-10-3-5-11(6-4-10)13-8-12/h3-6,9,12H,7H2,1-2H3. The first-order valence-electron chi connectivity index (χ1n) is 4.44. The Kier molecular flexibility index (Phi) is 3.41. The van der Waals surface area contributed by atoms with Crippen LogP contribution < -0.4 is 0 Å². The van der Waals surface area contributed by atoms with Crippen molar-refractivity contribution in [2.75, 3.05) is 0 Å². The zero-order valence-electron chi connectivity index (χ0n) is 8.04. The number of nitrogens with zero attached hydrogens (tertiary/aromatic N) is 1. The van der Waals surface area contributed by atoms with Gasteiger partial charge in [0.1, 0.15) is 0 Å². The van der Waals surface area contributed by atoms with Gasteiger partial charge in [-0.15, -0.1) is 0 Å². The number of aliphatic imine (C=N–C) groups is 1. The predicted octanol–water partition coefficient (Wildman–Crippen LogP) is 3.27. The van der Waals surface area contributed by atoms with E-state index >= 15 is 0 Å². The third-order valence-corrected chi connectivity index (χ3v) is 1.77. The molecule has 1 rings (SSSR count). The van der Waals surface area contributed by atoms with Crippen LogP contribution in [-0.4, -0.2) is 6.01 Å². The van der Waals surface area contributed by atoms with Crippen LogP contribution >= 0.6 is 0 Å². The molecule has 68 valence electrons. The fourth-order valence-corrected chi connectivity index (χ4v) is 1.24. The van der Waals surface area contributed by atoms with E-state index in [1.807, 2.05) is 18.1 Å². The summed E-state index contributed by atoms with van der Waals surface area (Å²) in [4.78, 5) is 3.74. The maximum atomic E-state index is 6.69. The predicted molar refractivity (Wildman–Crippen MR) is 54.8 cm³/mol. The summed E-state index contributed by atoms with van der Waals surface area (Å²) in [5, 5.41) is 6.69. The van der Waals surface area contributed by atoms with Crippen molar-refractivity contribution >= 4 is 11.7 Å². The first-order valence-corrected chi connectivity index (χ1v) is 4.44. The molecule has 2 heteroatoms. The number of nitrogens with one attached hydrogen (secondary N) is 1. The third-order valence-electron chi connectivity index (χ3n) is 1.77. The topological polar surface area (TPSA) is 36.2 Å². The van der Waals surface area contributed by atoms with Crippen molar-refractivity contribution in [3.63, 3.8) is 0 Å². The molecule has 0 bridgehead atoms. The highest BCUT2D eigenvalue weighted by Gasteiger charge is 1.96. The van der Waals surface area contributed by atoms with Crippen LogP contribution in [0.4, 0.5) is 5.69 Å². The van der Waals surface area contributed by atoms with E-state index < -0.39 is 0 Å². The number of benzene rings is 1. The molecular weight excluding hydrogens is 160 g/mol. The van der Waals surface area contributed by atoms with Gasteiger partial charge in [0.25, 0.3) is 0 Å². The molecule has 0 heterocycles. The molecule has 0 spiro atoms. The Bertz CT molecular complexity index is 305. The monoisotopic (exact) mass is 174 g/mol. The largest absolute Gasteiger partial charge is 0.241 e. The molecule has 0 atom stereocenters. The van der Waals surface area contributed by atoms with Gasteiger partial charge in [0.2, 0.25) is 0 Å². The first-order chi connectivity index (χ1) is 6.22. The van der Waals surface area contributed by atoms with Gasteiger partial charge in [-0.1, -0.05) is 26.0 Å². The molecule has 0 aliphatic carbocycles. The molecule has 1 aromatic rings. The molecule has 0 unspecified atom stereocenters. The van der Waals surface area contributed by atoms with Crippen LogP contribution in [0.5, 0.6) is 0 Å². The lowest BCUT2D eigenvalue weighted by Gasteiger charge is -2.03. The second-order valence-electron chi connectivity index (χ2n) is 3.49. The summed E-state index contributed by atoms with van der Waals surface area (Å²) in [6.45, 7) is 4.40. The van der Waals surface area contributed by atoms with Crippen LogP contribution in [0.3, 0.4) is 0 Å². The molecule has 0 fully saturated rings. The maximum Gasteiger partial charge on any atom is 0.0918 e. The molecule has 0 aliphatic rings. The Morgan fingerprint density at radius 1 is 1.31 bits per heavy atom. The van der Waals surface area contributed by atoms with E-state index in [9.17, 15) is 0 Å². The molecule has 0 saturated carbocycles. The van der Waals surface area contributed by atoms with Crippen molar-refractivity contribution in [2.24, 2.45) is 10.9 Å². The first kappa shape index (κ1) is 9.69. The lowest BCUT2D eigenvalue weighted by Crippen LogP contribution is -1.92. The normalized spacial score (nSPS) is 9.77. The minimum atomic E-state index is 0.678. The van der Waals surface area contributed by atoms with Crippen LogP contribution in [0.1, 0.15) is 19.4 Å². The van der Waals surface area contributed by atoms with Gasteiger partial charge in [-0.25, -0.2) is 5.41 Å². The van der Waals surface area contributed by atoms with Crippen LogP contribution in [0, 0.1) is 11.3 Å². The summed E-state index contributed by atoms with van der Waals surface area (Å²) in [7, 11) is 0. The molecule has 0 radical (unpaired) electrons. The number of hydrogen-bond donors (Lipinski definition) is 1. The van der Waals surface area contributed by atoms with Gasteiger partial charge in [-0.05, 0) is 30.0 Å². The van der Waals surface area contributed by atoms with Crippen molar-refractivity contribution in [1.82, 2.24) is 0 Å². The summed E-state index contributed by atoms with van der Waals surface area (Å²) >= 11 is 0. The Balaban J connectivity index is 2.75. The average molecular weight is 174 g/mol. The van der Waals surface area contributed by atoms with E-state index in [2.05, 4.69) is 31.0 Å². The molecule has 0 saturated heterocycles. The minimum absolute atomic E-state index is 0.678. The van der Waals surface area contributed by atoms with Gasteiger partial charge in [0.15, 0.2) is 0 Å². The number of rotatable bonds is 3. The van der Waals surface area contributed by atoms with E-state index in [0.717, 1.165) is 12.1 Å².